The van der Waals surface area contributed by atoms with Gasteiger partial charge in [-0.05, 0) is 25.0 Å². The van der Waals surface area contributed by atoms with Crippen LogP contribution in [0.1, 0.15) is 29.6 Å². The zero-order valence-corrected chi connectivity index (χ0v) is 14.5. The highest BCUT2D eigenvalue weighted by atomic mass is 16.4. The van der Waals surface area contributed by atoms with Crippen molar-refractivity contribution >= 4 is 23.5 Å². The van der Waals surface area contributed by atoms with Crippen LogP contribution in [0.4, 0.5) is 16.3 Å². The first-order valence-electron chi connectivity index (χ1n) is 8.37. The number of likely N-dealkylation sites (tertiary alicyclic amines) is 1. The normalized spacial score (nSPS) is 15.7. The quantitative estimate of drug-likeness (QED) is 0.722. The Labute approximate surface area is 155 Å². The number of nitrogens with one attached hydrogen (secondary N) is 1. The third-order valence-corrected chi connectivity index (χ3v) is 4.76. The number of rotatable bonds is 5. The molecule has 27 heavy (non-hydrogen) atoms. The molecule has 0 aliphatic carbocycles. The molecule has 2 aromatic heterocycles. The number of primary amides is 1. The Kier molecular flexibility index (Phi) is 4.94. The van der Waals surface area contributed by atoms with E-state index in [1.807, 2.05) is 0 Å². The maximum absolute atomic E-state index is 11.9. The number of amides is 2. The van der Waals surface area contributed by atoms with E-state index < -0.39 is 17.5 Å². The summed E-state index contributed by atoms with van der Waals surface area (Å²) in [7, 11) is 0. The van der Waals surface area contributed by atoms with Gasteiger partial charge in [0.2, 0.25) is 0 Å². The van der Waals surface area contributed by atoms with Crippen molar-refractivity contribution in [2.75, 3.05) is 18.4 Å². The fourth-order valence-corrected chi connectivity index (χ4v) is 3.21. The first-order valence-corrected chi connectivity index (χ1v) is 8.37. The van der Waals surface area contributed by atoms with Crippen molar-refractivity contribution in [3.8, 4) is 6.07 Å². The molecule has 0 spiro atoms. The van der Waals surface area contributed by atoms with Gasteiger partial charge in [0.15, 0.2) is 5.82 Å². The summed E-state index contributed by atoms with van der Waals surface area (Å²) in [4.78, 5) is 28.4. The van der Waals surface area contributed by atoms with Crippen LogP contribution in [0.2, 0.25) is 0 Å². The predicted octanol–water partition coefficient (Wildman–Crippen LogP) is 1.50. The van der Waals surface area contributed by atoms with Gasteiger partial charge in [0.25, 0.3) is 5.91 Å². The summed E-state index contributed by atoms with van der Waals surface area (Å²) in [5, 5.41) is 25.9. The molecular weight excluding hydrogens is 350 g/mol. The van der Waals surface area contributed by atoms with Crippen LogP contribution >= 0.6 is 0 Å². The average Bonchev–Trinajstić information content (AvgIpc) is 3.08. The molecule has 1 saturated heterocycles. The molecule has 2 aromatic rings. The summed E-state index contributed by atoms with van der Waals surface area (Å²) in [6.07, 6.45) is 4.72. The Balaban J connectivity index is 1.94. The van der Waals surface area contributed by atoms with Crippen LogP contribution in [0.15, 0.2) is 30.7 Å². The third-order valence-electron chi connectivity index (χ3n) is 4.76. The highest BCUT2D eigenvalue weighted by Gasteiger charge is 2.39. The van der Waals surface area contributed by atoms with Gasteiger partial charge in [-0.15, -0.1) is 0 Å². The van der Waals surface area contributed by atoms with Crippen LogP contribution in [0, 0.1) is 11.3 Å². The molecule has 2 amide bonds. The lowest BCUT2D eigenvalue weighted by Gasteiger charge is -2.39. The van der Waals surface area contributed by atoms with Crippen LogP contribution in [-0.4, -0.2) is 49.9 Å². The molecule has 140 valence electrons. The lowest BCUT2D eigenvalue weighted by atomic mass is 9.85. The van der Waals surface area contributed by atoms with E-state index in [-0.39, 0.29) is 30.9 Å². The molecule has 0 radical (unpaired) electrons. The average molecular weight is 369 g/mol. The van der Waals surface area contributed by atoms with Crippen LogP contribution in [-0.2, 0) is 5.54 Å². The molecule has 1 fully saturated rings. The summed E-state index contributed by atoms with van der Waals surface area (Å²) in [6.45, 7) is 0.572. The van der Waals surface area contributed by atoms with Gasteiger partial charge in [-0.1, -0.05) is 0 Å². The van der Waals surface area contributed by atoms with Gasteiger partial charge in [-0.3, -0.25) is 14.5 Å². The van der Waals surface area contributed by atoms with Crippen molar-refractivity contribution in [3.05, 3.63) is 36.3 Å². The Morgan fingerprint density at radius 3 is 2.70 bits per heavy atom. The van der Waals surface area contributed by atoms with Crippen molar-refractivity contribution in [3.63, 3.8) is 0 Å². The van der Waals surface area contributed by atoms with E-state index in [1.54, 1.807) is 29.2 Å². The van der Waals surface area contributed by atoms with Crippen molar-refractivity contribution in [2.24, 2.45) is 5.73 Å². The van der Waals surface area contributed by atoms with Gasteiger partial charge in [-0.25, -0.2) is 4.79 Å². The van der Waals surface area contributed by atoms with Gasteiger partial charge in [-0.2, -0.15) is 10.4 Å². The SMILES string of the molecule is N#CCC1(n2cc(C(N)=O)c(Nc3cccnc3)n2)CCN(C(=O)O)CC1. The van der Waals surface area contributed by atoms with E-state index in [0.29, 0.717) is 18.5 Å². The number of pyridine rings is 1. The topological polar surface area (TPSA) is 150 Å². The standard InChI is InChI=1S/C17H19N7O3/c18-6-3-17(4-8-23(9-5-17)16(26)27)24-11-13(14(19)25)15(22-24)21-12-2-1-7-20-10-12/h1-2,7,10-11H,3-5,8-9H2,(H2,19,25)(H,21,22)(H,26,27). The van der Waals surface area contributed by atoms with Crippen LogP contribution < -0.4 is 11.1 Å². The predicted molar refractivity (Wildman–Crippen MR) is 95.3 cm³/mol. The Morgan fingerprint density at radius 2 is 2.15 bits per heavy atom. The van der Waals surface area contributed by atoms with Crippen molar-refractivity contribution < 1.29 is 14.7 Å². The summed E-state index contributed by atoms with van der Waals surface area (Å²) >= 11 is 0. The molecule has 4 N–H and O–H groups in total. The number of aromatic nitrogens is 3. The molecule has 0 unspecified atom stereocenters. The van der Waals surface area contributed by atoms with E-state index in [2.05, 4.69) is 21.5 Å². The zero-order chi connectivity index (χ0) is 19.4. The van der Waals surface area contributed by atoms with Crippen LogP contribution in [0.3, 0.4) is 0 Å². The second-order valence-electron chi connectivity index (χ2n) is 6.40. The first kappa shape index (κ1) is 18.2. The van der Waals surface area contributed by atoms with Crippen LogP contribution in [0.5, 0.6) is 0 Å². The number of nitriles is 1. The number of carboxylic acid groups (broad SMARTS) is 1. The molecule has 3 rings (SSSR count). The fraction of sp³-hybridized carbons (Fsp3) is 0.353. The number of piperidine rings is 1. The largest absolute Gasteiger partial charge is 0.465 e. The lowest BCUT2D eigenvalue weighted by Crippen LogP contribution is -2.47. The van der Waals surface area contributed by atoms with Crippen LogP contribution in [0.25, 0.3) is 0 Å². The number of carbonyl (C=O) groups excluding carboxylic acids is 1. The molecule has 1 aliphatic rings. The minimum Gasteiger partial charge on any atom is -0.465 e. The van der Waals surface area contributed by atoms with Gasteiger partial charge in [0.05, 0.1) is 29.9 Å². The van der Waals surface area contributed by atoms with E-state index in [9.17, 15) is 14.9 Å². The number of nitrogens with two attached hydrogens (primary N) is 1. The van der Waals surface area contributed by atoms with Gasteiger partial charge >= 0.3 is 6.09 Å². The van der Waals surface area contributed by atoms with Gasteiger partial charge in [0, 0.05) is 25.5 Å². The Morgan fingerprint density at radius 1 is 1.41 bits per heavy atom. The molecule has 0 saturated carbocycles. The van der Waals surface area contributed by atoms with E-state index in [1.165, 1.54) is 11.1 Å². The molecule has 10 heteroatoms. The van der Waals surface area contributed by atoms with Crippen molar-refractivity contribution in [2.45, 2.75) is 24.8 Å². The minimum absolute atomic E-state index is 0.146. The molecular formula is C17H19N7O3. The second-order valence-corrected chi connectivity index (χ2v) is 6.40. The van der Waals surface area contributed by atoms with E-state index >= 15 is 0 Å². The third kappa shape index (κ3) is 3.67. The summed E-state index contributed by atoms with van der Waals surface area (Å²) in [6, 6.07) is 5.66. The zero-order valence-electron chi connectivity index (χ0n) is 14.5. The van der Waals surface area contributed by atoms with Gasteiger partial charge in [0.1, 0.15) is 5.56 Å². The summed E-state index contributed by atoms with van der Waals surface area (Å²) in [5.74, 6) is -0.379. The molecule has 0 bridgehead atoms. The molecule has 10 nitrogen and oxygen atoms in total. The fourth-order valence-electron chi connectivity index (χ4n) is 3.21. The molecule has 1 aliphatic heterocycles. The molecule has 0 aromatic carbocycles. The summed E-state index contributed by atoms with van der Waals surface area (Å²) in [5.41, 5.74) is 5.63. The number of hydrogen-bond donors (Lipinski definition) is 3. The Bertz CT molecular complexity index is 880. The highest BCUT2D eigenvalue weighted by molar-refractivity contribution is 5.98. The first-order chi connectivity index (χ1) is 12.9. The van der Waals surface area contributed by atoms with E-state index in [0.717, 1.165) is 0 Å². The maximum Gasteiger partial charge on any atom is 0.407 e. The summed E-state index contributed by atoms with van der Waals surface area (Å²) < 4.78 is 1.58. The number of carbonyl (C=O) groups is 2. The van der Waals surface area contributed by atoms with Gasteiger partial charge < -0.3 is 21.1 Å². The molecule has 0 atom stereocenters. The Hall–Kier alpha value is -3.61. The maximum atomic E-state index is 11.9. The number of nitrogens with zero attached hydrogens (tertiary/aromatic N) is 5. The van der Waals surface area contributed by atoms with Crippen molar-refractivity contribution in [1.82, 2.24) is 19.7 Å². The van der Waals surface area contributed by atoms with Crippen molar-refractivity contribution in [1.29, 1.82) is 5.26 Å². The number of hydrogen-bond acceptors (Lipinski definition) is 6. The minimum atomic E-state index is -0.988. The number of anilines is 2. The van der Waals surface area contributed by atoms with E-state index in [4.69, 9.17) is 10.8 Å². The monoisotopic (exact) mass is 369 g/mol. The molecule has 3 heterocycles. The highest BCUT2D eigenvalue weighted by Crippen LogP contribution is 2.35. The smallest absolute Gasteiger partial charge is 0.407 e. The second kappa shape index (κ2) is 7.33. The lowest BCUT2D eigenvalue weighted by molar-refractivity contribution is 0.0888.